The van der Waals surface area contributed by atoms with E-state index in [9.17, 15) is 4.79 Å². The summed E-state index contributed by atoms with van der Waals surface area (Å²) >= 11 is 5.58. The third-order valence-electron chi connectivity index (χ3n) is 2.92. The SMILES string of the molecule is Cc1ccc(OCCN(C)C(=O)CCCCCl)cc1. The Morgan fingerprint density at radius 2 is 1.95 bits per heavy atom. The molecule has 0 fully saturated rings. The highest BCUT2D eigenvalue weighted by Gasteiger charge is 2.07. The fourth-order valence-corrected chi connectivity index (χ4v) is 1.81. The van der Waals surface area contributed by atoms with Crippen LogP contribution in [0.4, 0.5) is 0 Å². The number of rotatable bonds is 8. The molecule has 0 atom stereocenters. The Labute approximate surface area is 120 Å². The number of unbranched alkanes of at least 4 members (excludes halogenated alkanes) is 1. The van der Waals surface area contributed by atoms with Crippen molar-refractivity contribution in [2.75, 3.05) is 26.1 Å². The van der Waals surface area contributed by atoms with Gasteiger partial charge in [0.2, 0.25) is 5.91 Å². The van der Waals surface area contributed by atoms with E-state index >= 15 is 0 Å². The molecule has 0 aliphatic heterocycles. The average molecular weight is 284 g/mol. The topological polar surface area (TPSA) is 29.5 Å². The molecule has 0 aliphatic rings. The number of carbonyl (C=O) groups excluding carboxylic acids is 1. The lowest BCUT2D eigenvalue weighted by Gasteiger charge is -2.17. The Bertz CT molecular complexity index is 378. The van der Waals surface area contributed by atoms with Crippen LogP contribution in [0.25, 0.3) is 0 Å². The number of benzene rings is 1. The minimum absolute atomic E-state index is 0.151. The first-order valence-electron chi connectivity index (χ1n) is 6.63. The quantitative estimate of drug-likeness (QED) is 0.541. The molecular formula is C15H22ClNO2. The zero-order valence-electron chi connectivity index (χ0n) is 11.7. The van der Waals surface area contributed by atoms with Gasteiger partial charge in [-0.05, 0) is 31.9 Å². The maximum absolute atomic E-state index is 11.7. The van der Waals surface area contributed by atoms with Gasteiger partial charge in [0.15, 0.2) is 0 Å². The number of carbonyl (C=O) groups is 1. The summed E-state index contributed by atoms with van der Waals surface area (Å²) in [6.07, 6.45) is 2.31. The van der Waals surface area contributed by atoms with Gasteiger partial charge < -0.3 is 9.64 Å². The molecule has 0 heterocycles. The van der Waals surface area contributed by atoms with Crippen molar-refractivity contribution in [1.29, 1.82) is 0 Å². The molecule has 106 valence electrons. The summed E-state index contributed by atoms with van der Waals surface area (Å²) in [4.78, 5) is 13.4. The van der Waals surface area contributed by atoms with Gasteiger partial charge in [0.1, 0.15) is 12.4 Å². The maximum atomic E-state index is 11.7. The lowest BCUT2D eigenvalue weighted by atomic mass is 10.2. The summed E-state index contributed by atoms with van der Waals surface area (Å²) in [5, 5.41) is 0. The predicted octanol–water partition coefficient (Wildman–Crippen LogP) is 3.24. The largest absolute Gasteiger partial charge is 0.492 e. The second-order valence-electron chi connectivity index (χ2n) is 4.62. The molecule has 1 rings (SSSR count). The van der Waals surface area contributed by atoms with Gasteiger partial charge >= 0.3 is 0 Å². The Morgan fingerprint density at radius 1 is 1.26 bits per heavy atom. The van der Waals surface area contributed by atoms with Crippen molar-refractivity contribution in [2.45, 2.75) is 26.2 Å². The van der Waals surface area contributed by atoms with E-state index in [0.29, 0.717) is 25.5 Å². The van der Waals surface area contributed by atoms with Crippen molar-refractivity contribution in [2.24, 2.45) is 0 Å². The Morgan fingerprint density at radius 3 is 2.58 bits per heavy atom. The van der Waals surface area contributed by atoms with Gasteiger partial charge in [-0.2, -0.15) is 0 Å². The van der Waals surface area contributed by atoms with Crippen molar-refractivity contribution in [3.63, 3.8) is 0 Å². The molecule has 0 N–H and O–H groups in total. The molecule has 19 heavy (non-hydrogen) atoms. The fraction of sp³-hybridized carbons (Fsp3) is 0.533. The highest BCUT2D eigenvalue weighted by atomic mass is 35.5. The second kappa shape index (κ2) is 8.81. The molecule has 0 unspecified atom stereocenters. The molecule has 0 saturated carbocycles. The molecule has 1 aromatic carbocycles. The summed E-state index contributed by atoms with van der Waals surface area (Å²) in [5.41, 5.74) is 1.21. The minimum Gasteiger partial charge on any atom is -0.492 e. The smallest absolute Gasteiger partial charge is 0.222 e. The predicted molar refractivity (Wildman–Crippen MR) is 78.9 cm³/mol. The maximum Gasteiger partial charge on any atom is 0.222 e. The van der Waals surface area contributed by atoms with Gasteiger partial charge in [-0.15, -0.1) is 11.6 Å². The van der Waals surface area contributed by atoms with Crippen LogP contribution in [0, 0.1) is 6.92 Å². The Hall–Kier alpha value is -1.22. The van der Waals surface area contributed by atoms with E-state index in [1.165, 1.54) is 5.56 Å². The normalized spacial score (nSPS) is 10.3. The van der Waals surface area contributed by atoms with Crippen LogP contribution >= 0.6 is 11.6 Å². The standard InChI is InChI=1S/C15H22ClNO2/c1-13-6-8-14(9-7-13)19-12-11-17(2)15(18)5-3-4-10-16/h6-9H,3-5,10-12H2,1-2H3. The number of hydrogen-bond donors (Lipinski definition) is 0. The van der Waals surface area contributed by atoms with E-state index in [1.54, 1.807) is 4.90 Å². The number of aryl methyl sites for hydroxylation is 1. The van der Waals surface area contributed by atoms with Crippen LogP contribution in [0.1, 0.15) is 24.8 Å². The first-order valence-corrected chi connectivity index (χ1v) is 7.16. The van der Waals surface area contributed by atoms with Crippen molar-refractivity contribution < 1.29 is 9.53 Å². The van der Waals surface area contributed by atoms with Gasteiger partial charge in [-0.1, -0.05) is 17.7 Å². The molecule has 0 aromatic heterocycles. The number of amides is 1. The molecule has 0 bridgehead atoms. The molecule has 0 saturated heterocycles. The summed E-state index contributed by atoms with van der Waals surface area (Å²) < 4.78 is 5.59. The zero-order valence-corrected chi connectivity index (χ0v) is 12.4. The average Bonchev–Trinajstić information content (AvgIpc) is 2.41. The van der Waals surface area contributed by atoms with E-state index in [1.807, 2.05) is 38.2 Å². The third-order valence-corrected chi connectivity index (χ3v) is 3.18. The first-order chi connectivity index (χ1) is 9.13. The first kappa shape index (κ1) is 15.8. The molecular weight excluding hydrogens is 262 g/mol. The number of halogens is 1. The van der Waals surface area contributed by atoms with Gasteiger partial charge in [-0.3, -0.25) is 4.79 Å². The van der Waals surface area contributed by atoms with Crippen LogP contribution < -0.4 is 4.74 Å². The van der Waals surface area contributed by atoms with Gasteiger partial charge in [-0.25, -0.2) is 0 Å². The van der Waals surface area contributed by atoms with Crippen LogP contribution in [0.5, 0.6) is 5.75 Å². The van der Waals surface area contributed by atoms with E-state index in [0.717, 1.165) is 18.6 Å². The lowest BCUT2D eigenvalue weighted by Crippen LogP contribution is -2.30. The van der Waals surface area contributed by atoms with Gasteiger partial charge in [0, 0.05) is 19.3 Å². The van der Waals surface area contributed by atoms with Crippen LogP contribution in [0.2, 0.25) is 0 Å². The molecule has 4 heteroatoms. The number of likely N-dealkylation sites (N-methyl/N-ethyl adjacent to an activating group) is 1. The molecule has 0 spiro atoms. The van der Waals surface area contributed by atoms with Crippen LogP contribution in [-0.4, -0.2) is 36.9 Å². The fourth-order valence-electron chi connectivity index (χ4n) is 1.62. The van der Waals surface area contributed by atoms with Gasteiger partial charge in [0.25, 0.3) is 0 Å². The second-order valence-corrected chi connectivity index (χ2v) is 5.00. The Kier molecular flexibility index (Phi) is 7.34. The highest BCUT2D eigenvalue weighted by molar-refractivity contribution is 6.17. The van der Waals surface area contributed by atoms with Crippen molar-refractivity contribution >= 4 is 17.5 Å². The lowest BCUT2D eigenvalue weighted by molar-refractivity contribution is -0.130. The van der Waals surface area contributed by atoms with E-state index in [4.69, 9.17) is 16.3 Å². The summed E-state index contributed by atoms with van der Waals surface area (Å²) in [5.74, 6) is 1.61. The number of ether oxygens (including phenoxy) is 1. The van der Waals surface area contributed by atoms with Crippen molar-refractivity contribution in [3.05, 3.63) is 29.8 Å². The van der Waals surface area contributed by atoms with Crippen molar-refractivity contribution in [1.82, 2.24) is 4.90 Å². The summed E-state index contributed by atoms with van der Waals surface area (Å²) in [7, 11) is 1.81. The van der Waals surface area contributed by atoms with Crippen LogP contribution in [0.15, 0.2) is 24.3 Å². The van der Waals surface area contributed by atoms with E-state index in [2.05, 4.69) is 0 Å². The van der Waals surface area contributed by atoms with Crippen molar-refractivity contribution in [3.8, 4) is 5.75 Å². The molecule has 0 aliphatic carbocycles. The van der Waals surface area contributed by atoms with E-state index in [-0.39, 0.29) is 5.91 Å². The number of hydrogen-bond acceptors (Lipinski definition) is 2. The van der Waals surface area contributed by atoms with Crippen LogP contribution in [-0.2, 0) is 4.79 Å². The summed E-state index contributed by atoms with van der Waals surface area (Å²) in [6, 6.07) is 7.90. The Balaban J connectivity index is 2.20. The minimum atomic E-state index is 0.151. The number of alkyl halides is 1. The summed E-state index contributed by atoms with van der Waals surface area (Å²) in [6.45, 7) is 3.16. The molecule has 1 amide bonds. The molecule has 1 aromatic rings. The van der Waals surface area contributed by atoms with Crippen LogP contribution in [0.3, 0.4) is 0 Å². The molecule has 3 nitrogen and oxygen atoms in total. The highest BCUT2D eigenvalue weighted by Crippen LogP contribution is 2.11. The molecule has 0 radical (unpaired) electrons. The van der Waals surface area contributed by atoms with E-state index < -0.39 is 0 Å². The van der Waals surface area contributed by atoms with Gasteiger partial charge in [0.05, 0.1) is 6.54 Å². The number of nitrogens with zero attached hydrogens (tertiary/aromatic N) is 1. The monoisotopic (exact) mass is 283 g/mol. The third kappa shape index (κ3) is 6.48. The zero-order chi connectivity index (χ0) is 14.1.